The van der Waals surface area contributed by atoms with Gasteiger partial charge in [0.05, 0.1) is 31.6 Å². The van der Waals surface area contributed by atoms with Crippen LogP contribution < -0.4 is 0 Å². The highest BCUT2D eigenvalue weighted by Gasteiger charge is 2.38. The lowest BCUT2D eigenvalue weighted by molar-refractivity contribution is -0.121. The molecule has 1 saturated heterocycles. The normalized spacial score (nSPS) is 20.2. The number of hydrogen-bond acceptors (Lipinski definition) is 7. The molecule has 144 valence electrons. The molecule has 8 nitrogen and oxygen atoms in total. The summed E-state index contributed by atoms with van der Waals surface area (Å²) in [6, 6.07) is 8.78. The molecule has 2 atom stereocenters. The first kappa shape index (κ1) is 20.3. The van der Waals surface area contributed by atoms with Gasteiger partial charge in [-0.1, -0.05) is 30.3 Å². The topological polar surface area (TPSA) is 99.2 Å². The molecule has 1 aromatic rings. The summed E-state index contributed by atoms with van der Waals surface area (Å²) >= 11 is 0. The minimum absolute atomic E-state index is 0.0684. The van der Waals surface area contributed by atoms with Crippen molar-refractivity contribution in [2.75, 3.05) is 26.0 Å². The molecular weight excluding hydrogens is 362 g/mol. The highest BCUT2D eigenvalue weighted by Crippen LogP contribution is 2.23. The lowest BCUT2D eigenvalue weighted by Crippen LogP contribution is -2.39. The van der Waals surface area contributed by atoms with Crippen LogP contribution in [-0.2, 0) is 35.2 Å². The van der Waals surface area contributed by atoms with Gasteiger partial charge in [-0.05, 0) is 18.9 Å². The fourth-order valence-electron chi connectivity index (χ4n) is 2.71. The summed E-state index contributed by atoms with van der Waals surface area (Å²) in [5.74, 6) is -0.134. The van der Waals surface area contributed by atoms with Crippen LogP contribution in [0, 0.1) is 0 Å². The summed E-state index contributed by atoms with van der Waals surface area (Å²) < 4.78 is 38.3. The Morgan fingerprint density at radius 2 is 1.92 bits per heavy atom. The van der Waals surface area contributed by atoms with E-state index in [1.807, 2.05) is 30.3 Å². The van der Waals surface area contributed by atoms with Crippen molar-refractivity contribution in [3.05, 3.63) is 35.9 Å². The highest BCUT2D eigenvalue weighted by molar-refractivity contribution is 7.86. The minimum atomic E-state index is -3.64. The zero-order valence-electron chi connectivity index (χ0n) is 14.8. The Kier molecular flexibility index (Phi) is 7.13. The highest BCUT2D eigenvalue weighted by atomic mass is 32.2. The fourth-order valence-corrected chi connectivity index (χ4v) is 3.35. The molecule has 26 heavy (non-hydrogen) atoms. The predicted octanol–water partition coefficient (Wildman–Crippen LogP) is 1.35. The molecule has 2 rings (SSSR count). The third-order valence-electron chi connectivity index (χ3n) is 3.74. The van der Waals surface area contributed by atoms with E-state index in [4.69, 9.17) is 13.7 Å². The van der Waals surface area contributed by atoms with Gasteiger partial charge in [-0.25, -0.2) is 4.79 Å². The van der Waals surface area contributed by atoms with Gasteiger partial charge in [-0.15, -0.1) is 0 Å². The maximum atomic E-state index is 12.4. The third-order valence-corrected chi connectivity index (χ3v) is 4.36. The molecule has 0 aliphatic carbocycles. The average molecular weight is 385 g/mol. The van der Waals surface area contributed by atoms with Gasteiger partial charge in [0, 0.05) is 0 Å². The van der Waals surface area contributed by atoms with E-state index in [0.29, 0.717) is 0 Å². The number of carbonyl (C=O) groups excluding carboxylic acids is 2. The first-order chi connectivity index (χ1) is 12.2. The zero-order chi connectivity index (χ0) is 19.2. The second-order valence-electron chi connectivity index (χ2n) is 6.22. The van der Waals surface area contributed by atoms with Crippen LogP contribution in [0.5, 0.6) is 0 Å². The van der Waals surface area contributed by atoms with Crippen LogP contribution in [0.25, 0.3) is 0 Å². The number of benzene rings is 1. The molecule has 0 unspecified atom stereocenters. The Labute approximate surface area is 153 Å². The van der Waals surface area contributed by atoms with E-state index in [1.165, 1.54) is 11.8 Å². The second kappa shape index (κ2) is 9.11. The van der Waals surface area contributed by atoms with E-state index >= 15 is 0 Å². The molecule has 0 N–H and O–H groups in total. The van der Waals surface area contributed by atoms with Crippen molar-refractivity contribution < 1.29 is 31.7 Å². The van der Waals surface area contributed by atoms with E-state index in [9.17, 15) is 18.0 Å². The Balaban J connectivity index is 1.97. The van der Waals surface area contributed by atoms with Crippen molar-refractivity contribution in [1.82, 2.24) is 4.90 Å². The monoisotopic (exact) mass is 385 g/mol. The van der Waals surface area contributed by atoms with Gasteiger partial charge in [0.25, 0.3) is 10.1 Å². The largest absolute Gasteiger partial charge is 0.445 e. The standard InChI is InChI=1S/C17H23NO7S/c1-13(19)10-23-12-15-8-16(25-26(2,21)22)9-18(15)17(20)24-11-14-6-4-3-5-7-14/h3-7,15-16H,8-12H2,1-2H3/t15-,16+/m0/s1. The molecule has 1 amide bonds. The maximum Gasteiger partial charge on any atom is 0.410 e. The van der Waals surface area contributed by atoms with Gasteiger partial charge in [-0.2, -0.15) is 8.42 Å². The zero-order valence-corrected chi connectivity index (χ0v) is 15.6. The van der Waals surface area contributed by atoms with Gasteiger partial charge in [0.2, 0.25) is 0 Å². The van der Waals surface area contributed by atoms with Crippen molar-refractivity contribution in [1.29, 1.82) is 0 Å². The van der Waals surface area contributed by atoms with Crippen molar-refractivity contribution in [3.63, 3.8) is 0 Å². The van der Waals surface area contributed by atoms with Crippen LogP contribution in [0.2, 0.25) is 0 Å². The molecule has 1 aliphatic heterocycles. The Hall–Kier alpha value is -1.97. The molecule has 9 heteroatoms. The van der Waals surface area contributed by atoms with E-state index in [1.54, 1.807) is 0 Å². The summed E-state index contributed by atoms with van der Waals surface area (Å²) in [5, 5.41) is 0. The predicted molar refractivity (Wildman–Crippen MR) is 93.0 cm³/mol. The number of rotatable bonds is 8. The first-order valence-corrected chi connectivity index (χ1v) is 9.99. The van der Waals surface area contributed by atoms with E-state index in [0.717, 1.165) is 11.8 Å². The quantitative estimate of drug-likeness (QED) is 0.623. The summed E-state index contributed by atoms with van der Waals surface area (Å²) in [6.45, 7) is 1.62. The van der Waals surface area contributed by atoms with Gasteiger partial charge >= 0.3 is 6.09 Å². The van der Waals surface area contributed by atoms with E-state index in [-0.39, 0.29) is 38.6 Å². The molecular formula is C17H23NO7S. The molecule has 0 spiro atoms. The van der Waals surface area contributed by atoms with Crippen LogP contribution in [0.4, 0.5) is 4.79 Å². The van der Waals surface area contributed by atoms with Gasteiger partial charge < -0.3 is 14.4 Å². The summed E-state index contributed by atoms with van der Waals surface area (Å²) in [4.78, 5) is 24.8. The number of ketones is 1. The van der Waals surface area contributed by atoms with Crippen molar-refractivity contribution in [3.8, 4) is 0 Å². The lowest BCUT2D eigenvalue weighted by Gasteiger charge is -2.23. The van der Waals surface area contributed by atoms with Crippen LogP contribution in [-0.4, -0.2) is 63.4 Å². The van der Waals surface area contributed by atoms with Crippen molar-refractivity contribution in [2.45, 2.75) is 32.1 Å². The lowest BCUT2D eigenvalue weighted by atomic mass is 10.2. The number of nitrogens with zero attached hydrogens (tertiary/aromatic N) is 1. The summed E-state index contributed by atoms with van der Waals surface area (Å²) in [5.41, 5.74) is 0.841. The number of Topliss-reactive ketones (excluding diaryl/α,β-unsaturated/α-hetero) is 1. The van der Waals surface area contributed by atoms with Crippen LogP contribution in [0.3, 0.4) is 0 Å². The fraction of sp³-hybridized carbons (Fsp3) is 0.529. The summed E-state index contributed by atoms with van der Waals surface area (Å²) in [6.07, 6.45) is 0.000790. The third kappa shape index (κ3) is 6.74. The number of amides is 1. The molecule has 0 saturated carbocycles. The molecule has 0 aromatic heterocycles. The average Bonchev–Trinajstić information content (AvgIpc) is 2.94. The molecule has 1 aromatic carbocycles. The van der Waals surface area contributed by atoms with Gasteiger partial charge in [0.15, 0.2) is 5.78 Å². The molecule has 1 aliphatic rings. The number of ether oxygens (including phenoxy) is 2. The maximum absolute atomic E-state index is 12.4. The molecule has 1 heterocycles. The minimum Gasteiger partial charge on any atom is -0.445 e. The Morgan fingerprint density at radius 1 is 1.23 bits per heavy atom. The molecule has 1 fully saturated rings. The Bertz CT molecular complexity index is 720. The van der Waals surface area contributed by atoms with Crippen LogP contribution >= 0.6 is 0 Å². The number of carbonyl (C=O) groups is 2. The van der Waals surface area contributed by atoms with Crippen LogP contribution in [0.1, 0.15) is 18.9 Å². The smallest absolute Gasteiger partial charge is 0.410 e. The summed E-state index contributed by atoms with van der Waals surface area (Å²) in [7, 11) is -3.64. The van der Waals surface area contributed by atoms with E-state index in [2.05, 4.69) is 0 Å². The van der Waals surface area contributed by atoms with E-state index < -0.39 is 28.4 Å². The van der Waals surface area contributed by atoms with Crippen molar-refractivity contribution >= 4 is 22.0 Å². The van der Waals surface area contributed by atoms with Gasteiger partial charge in [0.1, 0.15) is 13.2 Å². The number of hydrogen-bond donors (Lipinski definition) is 0. The SMILES string of the molecule is CC(=O)COC[C@@H]1C[C@@H](OS(C)(=O)=O)CN1C(=O)OCc1ccccc1. The van der Waals surface area contributed by atoms with Gasteiger partial charge in [-0.3, -0.25) is 8.98 Å². The van der Waals surface area contributed by atoms with Crippen molar-refractivity contribution in [2.24, 2.45) is 0 Å². The van der Waals surface area contributed by atoms with Crippen LogP contribution in [0.15, 0.2) is 30.3 Å². The molecule has 0 radical (unpaired) electrons. The number of likely N-dealkylation sites (tertiary alicyclic amines) is 1. The second-order valence-corrected chi connectivity index (χ2v) is 7.82. The first-order valence-electron chi connectivity index (χ1n) is 8.17. The molecule has 0 bridgehead atoms. The Morgan fingerprint density at radius 3 is 2.54 bits per heavy atom.